The van der Waals surface area contributed by atoms with Gasteiger partial charge in [-0.2, -0.15) is 5.10 Å². The highest BCUT2D eigenvalue weighted by atomic mass is 32.1. The number of nitrogens with one attached hydrogen (secondary N) is 1. The zero-order chi connectivity index (χ0) is 14.9. The second-order valence-corrected chi connectivity index (χ2v) is 6.13. The van der Waals surface area contributed by atoms with Crippen molar-refractivity contribution >= 4 is 27.9 Å². The van der Waals surface area contributed by atoms with Crippen molar-refractivity contribution in [2.45, 2.75) is 19.3 Å². The van der Waals surface area contributed by atoms with Crippen molar-refractivity contribution in [1.82, 2.24) is 14.8 Å². The predicted octanol–water partition coefficient (Wildman–Crippen LogP) is 2.41. The van der Waals surface area contributed by atoms with Gasteiger partial charge in [0.1, 0.15) is 0 Å². The van der Waals surface area contributed by atoms with E-state index < -0.39 is 0 Å². The van der Waals surface area contributed by atoms with Crippen LogP contribution in [-0.4, -0.2) is 21.0 Å². The zero-order valence-electron chi connectivity index (χ0n) is 11.8. The second-order valence-electron chi connectivity index (χ2n) is 5.25. The lowest BCUT2D eigenvalue weighted by Gasteiger charge is -2.01. The highest BCUT2D eigenvalue weighted by Crippen LogP contribution is 2.21. The Labute approximate surface area is 131 Å². The molecular formula is C16H14N4OS. The number of thiazole rings is 1. The lowest BCUT2D eigenvalue weighted by atomic mass is 10.1. The van der Waals surface area contributed by atoms with Crippen LogP contribution in [0.5, 0.6) is 0 Å². The first-order valence-electron chi connectivity index (χ1n) is 7.14. The van der Waals surface area contributed by atoms with E-state index in [1.54, 1.807) is 11.3 Å². The van der Waals surface area contributed by atoms with Crippen LogP contribution in [0.1, 0.15) is 23.2 Å². The molecular weight excluding hydrogens is 296 g/mol. The average Bonchev–Trinajstić information content (AvgIpc) is 3.19. The molecule has 0 fully saturated rings. The Morgan fingerprint density at radius 3 is 3.18 bits per heavy atom. The summed E-state index contributed by atoms with van der Waals surface area (Å²) in [6.45, 7) is 0. The molecule has 2 heterocycles. The number of hydrogen-bond donors (Lipinski definition) is 1. The van der Waals surface area contributed by atoms with E-state index >= 15 is 0 Å². The summed E-state index contributed by atoms with van der Waals surface area (Å²) in [5, 5.41) is 6.26. The number of hydrogen-bond acceptors (Lipinski definition) is 4. The summed E-state index contributed by atoms with van der Waals surface area (Å²) in [7, 11) is 0. The monoisotopic (exact) mass is 310 g/mol. The molecule has 0 saturated carbocycles. The molecule has 6 heteroatoms. The maximum absolute atomic E-state index is 12.0. The molecule has 1 aliphatic carbocycles. The van der Waals surface area contributed by atoms with Gasteiger partial charge in [-0.1, -0.05) is 24.3 Å². The first-order chi connectivity index (χ1) is 10.8. The first-order valence-corrected chi connectivity index (χ1v) is 8.02. The molecule has 0 unspecified atom stereocenters. The summed E-state index contributed by atoms with van der Waals surface area (Å²) in [4.78, 5) is 17.3. The molecule has 0 spiro atoms. The van der Waals surface area contributed by atoms with Crippen LogP contribution in [0, 0.1) is 0 Å². The number of aromatic nitrogens is 2. The molecule has 0 aliphatic heterocycles. The molecule has 5 nitrogen and oxygen atoms in total. The van der Waals surface area contributed by atoms with Crippen molar-refractivity contribution in [1.29, 1.82) is 0 Å². The van der Waals surface area contributed by atoms with Crippen LogP contribution in [0.3, 0.4) is 0 Å². The summed E-state index contributed by atoms with van der Waals surface area (Å²) >= 11 is 1.55. The van der Waals surface area contributed by atoms with Crippen LogP contribution >= 0.6 is 11.3 Å². The van der Waals surface area contributed by atoms with Gasteiger partial charge in [0.2, 0.25) is 5.91 Å². The van der Waals surface area contributed by atoms with E-state index in [0.29, 0.717) is 0 Å². The lowest BCUT2D eigenvalue weighted by molar-refractivity contribution is -0.120. The molecule has 1 N–H and O–H groups in total. The molecule has 0 saturated heterocycles. The first kappa shape index (κ1) is 13.2. The number of fused-ring (bicyclic) bond motifs is 2. The summed E-state index contributed by atoms with van der Waals surface area (Å²) in [6, 6.07) is 8.19. The van der Waals surface area contributed by atoms with Gasteiger partial charge < -0.3 is 0 Å². The van der Waals surface area contributed by atoms with E-state index in [-0.39, 0.29) is 12.3 Å². The van der Waals surface area contributed by atoms with Gasteiger partial charge in [0, 0.05) is 23.3 Å². The van der Waals surface area contributed by atoms with E-state index in [2.05, 4.69) is 27.6 Å². The SMILES string of the molecule is O=C(Cc1cn2ccsc2n1)NN=C1CCc2ccccc21. The van der Waals surface area contributed by atoms with Gasteiger partial charge in [-0.25, -0.2) is 10.4 Å². The number of nitrogens with zero attached hydrogens (tertiary/aromatic N) is 3. The van der Waals surface area contributed by atoms with Crippen molar-refractivity contribution < 1.29 is 4.79 Å². The third-order valence-electron chi connectivity index (χ3n) is 3.76. The Bertz CT molecular complexity index is 849. The molecule has 1 amide bonds. The molecule has 0 atom stereocenters. The molecule has 22 heavy (non-hydrogen) atoms. The number of imidazole rings is 1. The summed E-state index contributed by atoms with van der Waals surface area (Å²) < 4.78 is 1.92. The van der Waals surface area contributed by atoms with Crippen molar-refractivity contribution in [3.8, 4) is 0 Å². The maximum Gasteiger partial charge on any atom is 0.246 e. The molecule has 1 aromatic carbocycles. The largest absolute Gasteiger partial charge is 0.297 e. The molecule has 1 aliphatic rings. The average molecular weight is 310 g/mol. The third kappa shape index (κ3) is 2.42. The summed E-state index contributed by atoms with van der Waals surface area (Å²) in [5.74, 6) is -0.136. The number of rotatable bonds is 3. The highest BCUT2D eigenvalue weighted by Gasteiger charge is 2.17. The molecule has 110 valence electrons. The molecule has 2 aromatic heterocycles. The van der Waals surface area contributed by atoms with E-state index in [4.69, 9.17) is 0 Å². The quantitative estimate of drug-likeness (QED) is 0.755. The smallest absolute Gasteiger partial charge is 0.246 e. The highest BCUT2D eigenvalue weighted by molar-refractivity contribution is 7.15. The van der Waals surface area contributed by atoms with Crippen LogP contribution in [0.2, 0.25) is 0 Å². The van der Waals surface area contributed by atoms with Gasteiger partial charge >= 0.3 is 0 Å². The fourth-order valence-electron chi connectivity index (χ4n) is 2.72. The zero-order valence-corrected chi connectivity index (χ0v) is 12.6. The van der Waals surface area contributed by atoms with Crippen LogP contribution < -0.4 is 5.43 Å². The Kier molecular flexibility index (Phi) is 3.23. The minimum absolute atomic E-state index is 0.136. The van der Waals surface area contributed by atoms with Crippen molar-refractivity contribution in [2.75, 3.05) is 0 Å². The predicted molar refractivity (Wildman–Crippen MR) is 86.2 cm³/mol. The number of carbonyl (C=O) groups excluding carboxylic acids is 1. The van der Waals surface area contributed by atoms with Gasteiger partial charge in [0.25, 0.3) is 0 Å². The Hall–Kier alpha value is -2.47. The van der Waals surface area contributed by atoms with Gasteiger partial charge in [-0.05, 0) is 18.4 Å². The molecule has 0 bridgehead atoms. The molecule has 4 rings (SSSR count). The van der Waals surface area contributed by atoms with E-state index in [9.17, 15) is 4.79 Å². The fourth-order valence-corrected chi connectivity index (χ4v) is 3.44. The van der Waals surface area contributed by atoms with Crippen LogP contribution in [0.25, 0.3) is 4.96 Å². The number of aryl methyl sites for hydroxylation is 1. The number of carbonyl (C=O) groups is 1. The van der Waals surface area contributed by atoms with Crippen molar-refractivity contribution in [3.63, 3.8) is 0 Å². The van der Waals surface area contributed by atoms with Crippen LogP contribution in [0.15, 0.2) is 47.1 Å². The van der Waals surface area contributed by atoms with Gasteiger partial charge in [0.15, 0.2) is 4.96 Å². The second kappa shape index (κ2) is 5.38. The normalized spacial score (nSPS) is 15.4. The Morgan fingerprint density at radius 2 is 2.27 bits per heavy atom. The minimum Gasteiger partial charge on any atom is -0.297 e. The third-order valence-corrected chi connectivity index (χ3v) is 4.53. The maximum atomic E-state index is 12.0. The number of benzene rings is 1. The fraction of sp³-hybridized carbons (Fsp3) is 0.188. The van der Waals surface area contributed by atoms with Crippen LogP contribution in [-0.2, 0) is 17.6 Å². The number of hydrazone groups is 1. The van der Waals surface area contributed by atoms with Crippen molar-refractivity contribution in [2.24, 2.45) is 5.10 Å². The summed E-state index contributed by atoms with van der Waals surface area (Å²) in [6.07, 6.45) is 5.92. The van der Waals surface area contributed by atoms with Gasteiger partial charge in [0.05, 0.1) is 17.8 Å². The van der Waals surface area contributed by atoms with Gasteiger partial charge in [-0.15, -0.1) is 11.3 Å². The van der Waals surface area contributed by atoms with E-state index in [1.807, 2.05) is 34.3 Å². The van der Waals surface area contributed by atoms with E-state index in [0.717, 1.165) is 34.8 Å². The molecule has 0 radical (unpaired) electrons. The Morgan fingerprint density at radius 1 is 1.36 bits per heavy atom. The Balaban J connectivity index is 1.44. The minimum atomic E-state index is -0.136. The standard InChI is InChI=1S/C16H14N4OS/c21-15(9-12-10-20-7-8-22-16(20)17-12)19-18-14-6-5-11-3-1-2-4-13(11)14/h1-4,7-8,10H,5-6,9H2,(H,19,21). The van der Waals surface area contributed by atoms with E-state index in [1.165, 1.54) is 5.56 Å². The lowest BCUT2D eigenvalue weighted by Crippen LogP contribution is -2.21. The molecule has 3 aromatic rings. The van der Waals surface area contributed by atoms with Crippen molar-refractivity contribution in [3.05, 3.63) is 58.9 Å². The summed E-state index contributed by atoms with van der Waals surface area (Å²) in [5.41, 5.74) is 6.81. The topological polar surface area (TPSA) is 58.8 Å². The van der Waals surface area contributed by atoms with Crippen LogP contribution in [0.4, 0.5) is 0 Å². The number of amides is 1. The van der Waals surface area contributed by atoms with Gasteiger partial charge in [-0.3, -0.25) is 9.20 Å².